The van der Waals surface area contributed by atoms with Crippen LogP contribution < -0.4 is 5.32 Å². The molecule has 0 atom stereocenters. The summed E-state index contributed by atoms with van der Waals surface area (Å²) in [6, 6.07) is 14.0. The van der Waals surface area contributed by atoms with Crippen molar-refractivity contribution in [2.75, 3.05) is 5.32 Å². The zero-order valence-corrected chi connectivity index (χ0v) is 17.6. The number of anilines is 1. The molecule has 1 aliphatic rings. The fraction of sp³-hybridized carbons (Fsp3) is 0.318. The first-order valence-electron chi connectivity index (χ1n) is 10.1. The van der Waals surface area contributed by atoms with Crippen LogP contribution in [0.2, 0.25) is 0 Å². The predicted octanol–water partition coefficient (Wildman–Crippen LogP) is 4.01. The zero-order chi connectivity index (χ0) is 21.1. The van der Waals surface area contributed by atoms with Crippen molar-refractivity contribution in [1.82, 2.24) is 14.2 Å². The standard InChI is InChI=1S/C22H24N4O3S/c1-16-14-19(24-21(27)13-10-17-6-5-7-17)11-12-20(16)30(28,29)26-15-23-22(25-26)18-8-3-2-4-9-18/h2-4,8-9,11-12,14-15,17H,5-7,10,13H2,1H3,(H,24,27). The average molecular weight is 425 g/mol. The van der Waals surface area contributed by atoms with E-state index in [-0.39, 0.29) is 10.8 Å². The maximum atomic E-state index is 13.0. The van der Waals surface area contributed by atoms with Crippen LogP contribution in [-0.2, 0) is 14.8 Å². The van der Waals surface area contributed by atoms with Gasteiger partial charge in [0.2, 0.25) is 5.91 Å². The molecule has 0 radical (unpaired) electrons. The minimum absolute atomic E-state index is 0.0410. The highest BCUT2D eigenvalue weighted by Gasteiger charge is 2.22. The van der Waals surface area contributed by atoms with E-state index in [0.717, 1.165) is 16.1 Å². The van der Waals surface area contributed by atoms with Gasteiger partial charge in [0.05, 0.1) is 4.90 Å². The van der Waals surface area contributed by atoms with E-state index in [1.807, 2.05) is 30.3 Å². The molecule has 0 saturated heterocycles. The second kappa shape index (κ2) is 8.39. The quantitative estimate of drug-likeness (QED) is 0.618. The summed E-state index contributed by atoms with van der Waals surface area (Å²) < 4.78 is 26.9. The maximum Gasteiger partial charge on any atom is 0.284 e. The van der Waals surface area contributed by atoms with Crippen molar-refractivity contribution in [2.24, 2.45) is 5.92 Å². The van der Waals surface area contributed by atoms with Crippen LogP contribution in [0.25, 0.3) is 11.4 Å². The van der Waals surface area contributed by atoms with E-state index in [4.69, 9.17) is 0 Å². The number of rotatable bonds is 7. The fourth-order valence-electron chi connectivity index (χ4n) is 3.54. The summed E-state index contributed by atoms with van der Waals surface area (Å²) >= 11 is 0. The topological polar surface area (TPSA) is 94.0 Å². The molecule has 4 rings (SSSR count). The Hall–Kier alpha value is -3.00. The van der Waals surface area contributed by atoms with Crippen molar-refractivity contribution >= 4 is 21.6 Å². The average Bonchev–Trinajstić information content (AvgIpc) is 3.18. The Balaban J connectivity index is 1.49. The smallest absolute Gasteiger partial charge is 0.284 e. The van der Waals surface area contributed by atoms with E-state index >= 15 is 0 Å². The van der Waals surface area contributed by atoms with Crippen LogP contribution in [-0.4, -0.2) is 28.5 Å². The SMILES string of the molecule is Cc1cc(NC(=O)CCC2CCC2)ccc1S(=O)(=O)n1cnc(-c2ccccc2)n1. The van der Waals surface area contributed by atoms with Crippen LogP contribution in [0.1, 0.15) is 37.7 Å². The Morgan fingerprint density at radius 2 is 1.93 bits per heavy atom. The van der Waals surface area contributed by atoms with E-state index in [1.54, 1.807) is 19.1 Å². The van der Waals surface area contributed by atoms with Crippen LogP contribution in [0, 0.1) is 12.8 Å². The number of hydrogen-bond acceptors (Lipinski definition) is 5. The Morgan fingerprint density at radius 3 is 2.60 bits per heavy atom. The van der Waals surface area contributed by atoms with Gasteiger partial charge in [0.1, 0.15) is 6.33 Å². The molecule has 1 amide bonds. The van der Waals surface area contributed by atoms with Gasteiger partial charge in [-0.15, -0.1) is 9.19 Å². The molecule has 1 aromatic heterocycles. The van der Waals surface area contributed by atoms with Crippen molar-refractivity contribution in [3.05, 3.63) is 60.4 Å². The molecule has 0 aliphatic heterocycles. The van der Waals surface area contributed by atoms with Crippen molar-refractivity contribution < 1.29 is 13.2 Å². The number of carbonyl (C=O) groups excluding carboxylic acids is 1. The van der Waals surface area contributed by atoms with Crippen molar-refractivity contribution in [3.63, 3.8) is 0 Å². The molecule has 0 unspecified atom stereocenters. The predicted molar refractivity (Wildman–Crippen MR) is 114 cm³/mol. The lowest BCUT2D eigenvalue weighted by Crippen LogP contribution is -2.17. The number of nitrogens with one attached hydrogen (secondary N) is 1. The fourth-order valence-corrected chi connectivity index (χ4v) is 4.81. The molecule has 2 aromatic carbocycles. The van der Waals surface area contributed by atoms with Crippen LogP contribution in [0.3, 0.4) is 0 Å². The number of aryl methyl sites for hydroxylation is 1. The molecule has 0 bridgehead atoms. The zero-order valence-electron chi connectivity index (χ0n) is 16.8. The summed E-state index contributed by atoms with van der Waals surface area (Å²) in [7, 11) is -3.89. The first-order chi connectivity index (χ1) is 14.4. The van der Waals surface area contributed by atoms with E-state index in [9.17, 15) is 13.2 Å². The Morgan fingerprint density at radius 1 is 1.17 bits per heavy atom. The summed E-state index contributed by atoms with van der Waals surface area (Å²) in [5.41, 5.74) is 1.86. The highest BCUT2D eigenvalue weighted by atomic mass is 32.2. The van der Waals surface area contributed by atoms with Crippen LogP contribution >= 0.6 is 0 Å². The Bertz CT molecular complexity index is 1150. The molecule has 3 aromatic rings. The summed E-state index contributed by atoms with van der Waals surface area (Å²) in [4.78, 5) is 16.4. The van der Waals surface area contributed by atoms with Gasteiger partial charge < -0.3 is 5.32 Å². The van der Waals surface area contributed by atoms with Gasteiger partial charge in [0.15, 0.2) is 5.82 Å². The van der Waals surface area contributed by atoms with Gasteiger partial charge in [0, 0.05) is 17.7 Å². The Kier molecular flexibility index (Phi) is 5.67. The third kappa shape index (κ3) is 4.28. The highest BCUT2D eigenvalue weighted by Crippen LogP contribution is 2.30. The van der Waals surface area contributed by atoms with Crippen molar-refractivity contribution in [1.29, 1.82) is 0 Å². The van der Waals surface area contributed by atoms with E-state index in [1.165, 1.54) is 31.7 Å². The number of amides is 1. The summed E-state index contributed by atoms with van der Waals surface area (Å²) in [6.07, 6.45) is 6.30. The lowest BCUT2D eigenvalue weighted by molar-refractivity contribution is -0.116. The van der Waals surface area contributed by atoms with Gasteiger partial charge in [-0.25, -0.2) is 4.98 Å². The molecule has 156 valence electrons. The first-order valence-corrected chi connectivity index (χ1v) is 11.5. The van der Waals surface area contributed by atoms with E-state index in [2.05, 4.69) is 15.4 Å². The molecule has 1 fully saturated rings. The molecule has 1 N–H and O–H groups in total. The van der Waals surface area contributed by atoms with E-state index in [0.29, 0.717) is 29.4 Å². The lowest BCUT2D eigenvalue weighted by atomic mass is 9.82. The molecule has 30 heavy (non-hydrogen) atoms. The summed E-state index contributed by atoms with van der Waals surface area (Å²) in [6.45, 7) is 1.70. The second-order valence-corrected chi connectivity index (χ2v) is 9.44. The molecule has 8 heteroatoms. The Labute approximate surface area is 176 Å². The maximum absolute atomic E-state index is 13.0. The van der Waals surface area contributed by atoms with Crippen LogP contribution in [0.5, 0.6) is 0 Å². The van der Waals surface area contributed by atoms with Gasteiger partial charge in [0.25, 0.3) is 10.0 Å². The number of benzene rings is 2. The lowest BCUT2D eigenvalue weighted by Gasteiger charge is -2.24. The van der Waals surface area contributed by atoms with Gasteiger partial charge in [-0.1, -0.05) is 49.6 Å². The molecule has 7 nitrogen and oxygen atoms in total. The summed E-state index contributed by atoms with van der Waals surface area (Å²) in [5.74, 6) is 0.973. The number of aromatic nitrogens is 3. The van der Waals surface area contributed by atoms with E-state index < -0.39 is 10.0 Å². The number of carbonyl (C=O) groups is 1. The largest absolute Gasteiger partial charge is 0.326 e. The number of nitrogens with zero attached hydrogens (tertiary/aromatic N) is 3. The molecular formula is C22H24N4O3S. The molecule has 1 aliphatic carbocycles. The highest BCUT2D eigenvalue weighted by molar-refractivity contribution is 7.89. The third-order valence-electron chi connectivity index (χ3n) is 5.49. The van der Waals surface area contributed by atoms with Crippen molar-refractivity contribution in [3.8, 4) is 11.4 Å². The molecular weight excluding hydrogens is 400 g/mol. The van der Waals surface area contributed by atoms with Crippen molar-refractivity contribution in [2.45, 2.75) is 43.9 Å². The molecule has 1 saturated carbocycles. The number of hydrogen-bond donors (Lipinski definition) is 1. The monoisotopic (exact) mass is 424 g/mol. The molecule has 0 spiro atoms. The normalized spacial score (nSPS) is 14.3. The third-order valence-corrected chi connectivity index (χ3v) is 7.17. The first kappa shape index (κ1) is 20.3. The minimum atomic E-state index is -3.89. The van der Waals surface area contributed by atoms with Crippen LogP contribution in [0.15, 0.2) is 59.8 Å². The van der Waals surface area contributed by atoms with Gasteiger partial charge >= 0.3 is 0 Å². The van der Waals surface area contributed by atoms with Gasteiger partial charge in [-0.3, -0.25) is 4.79 Å². The van der Waals surface area contributed by atoms with Gasteiger partial charge in [-0.2, -0.15) is 8.42 Å². The van der Waals surface area contributed by atoms with Gasteiger partial charge in [-0.05, 0) is 43.0 Å². The second-order valence-electron chi connectivity index (χ2n) is 7.68. The minimum Gasteiger partial charge on any atom is -0.326 e. The van der Waals surface area contributed by atoms with Crippen LogP contribution in [0.4, 0.5) is 5.69 Å². The summed E-state index contributed by atoms with van der Waals surface area (Å²) in [5, 5.41) is 7.00. The molecule has 1 heterocycles.